The molecule has 7 nitrogen and oxygen atoms in total. The molecule has 0 saturated carbocycles. The monoisotopic (exact) mass is 408 g/mol. The first-order chi connectivity index (χ1) is 13.8. The third-order valence-electron chi connectivity index (χ3n) is 5.12. The van der Waals surface area contributed by atoms with E-state index in [1.165, 1.54) is 16.8 Å². The van der Waals surface area contributed by atoms with Crippen molar-refractivity contribution in [1.29, 1.82) is 0 Å². The minimum Gasteiger partial charge on any atom is -0.390 e. The average Bonchev–Trinajstić information content (AvgIpc) is 3.35. The van der Waals surface area contributed by atoms with E-state index in [1.807, 2.05) is 0 Å². The second kappa shape index (κ2) is 7.27. The van der Waals surface area contributed by atoms with E-state index in [9.17, 15) is 23.1 Å². The Morgan fingerprint density at radius 1 is 1.34 bits per heavy atom. The molecule has 2 N–H and O–H groups in total. The predicted molar refractivity (Wildman–Crippen MR) is 97.3 cm³/mol. The van der Waals surface area contributed by atoms with Crippen LogP contribution >= 0.6 is 0 Å². The van der Waals surface area contributed by atoms with Crippen molar-refractivity contribution < 1.29 is 23.0 Å². The molecule has 3 heterocycles. The number of nitrogens with one attached hydrogen (secondary N) is 1. The van der Waals surface area contributed by atoms with Crippen molar-refractivity contribution in [3.8, 4) is 0 Å². The summed E-state index contributed by atoms with van der Waals surface area (Å²) in [6, 6.07) is 4.23. The van der Waals surface area contributed by atoms with Gasteiger partial charge in [-0.25, -0.2) is 9.67 Å². The van der Waals surface area contributed by atoms with Crippen LogP contribution in [0.4, 0.5) is 13.2 Å². The van der Waals surface area contributed by atoms with Crippen LogP contribution in [0.1, 0.15) is 54.6 Å². The van der Waals surface area contributed by atoms with Crippen molar-refractivity contribution in [3.05, 3.63) is 57.3 Å². The third kappa shape index (κ3) is 3.53. The van der Waals surface area contributed by atoms with E-state index in [2.05, 4.69) is 15.1 Å². The van der Waals surface area contributed by atoms with Gasteiger partial charge in [0, 0.05) is 6.61 Å². The summed E-state index contributed by atoms with van der Waals surface area (Å²) in [5.41, 5.74) is -0.199. The number of rotatable bonds is 4. The fourth-order valence-corrected chi connectivity index (χ4v) is 3.55. The summed E-state index contributed by atoms with van der Waals surface area (Å²) in [5, 5.41) is 14.1. The Morgan fingerprint density at radius 3 is 2.66 bits per heavy atom. The van der Waals surface area contributed by atoms with Gasteiger partial charge in [-0.05, 0) is 37.5 Å². The summed E-state index contributed by atoms with van der Waals surface area (Å²) in [6.07, 6.45) is -3.16. The van der Waals surface area contributed by atoms with Gasteiger partial charge in [-0.15, -0.1) is 0 Å². The zero-order valence-corrected chi connectivity index (χ0v) is 15.5. The molecular weight excluding hydrogens is 389 g/mol. The number of nitrogens with zero attached hydrogens (tertiary/aromatic N) is 3. The number of aromatic nitrogens is 4. The number of hydrogen-bond donors (Lipinski definition) is 2. The van der Waals surface area contributed by atoms with Crippen LogP contribution in [0.25, 0.3) is 11.0 Å². The van der Waals surface area contributed by atoms with E-state index < -0.39 is 29.9 Å². The molecule has 0 amide bonds. The average molecular weight is 408 g/mol. The molecule has 1 aliphatic rings. The lowest BCUT2D eigenvalue weighted by atomic mass is 10.1. The molecule has 1 fully saturated rings. The van der Waals surface area contributed by atoms with E-state index >= 15 is 0 Å². The lowest BCUT2D eigenvalue weighted by Gasteiger charge is -2.15. The molecule has 4 rings (SSSR count). The fraction of sp³-hybridized carbons (Fsp3) is 0.421. The van der Waals surface area contributed by atoms with Crippen LogP contribution in [-0.4, -0.2) is 31.5 Å². The highest BCUT2D eigenvalue weighted by Crippen LogP contribution is 2.31. The smallest absolute Gasteiger partial charge is 0.390 e. The van der Waals surface area contributed by atoms with Crippen LogP contribution in [0, 0.1) is 0 Å². The Kier molecular flexibility index (Phi) is 4.91. The Hall–Kier alpha value is -2.72. The molecule has 0 spiro atoms. The summed E-state index contributed by atoms with van der Waals surface area (Å²) in [7, 11) is 0. The van der Waals surface area contributed by atoms with Crippen molar-refractivity contribution in [3.63, 3.8) is 0 Å². The molecule has 3 aromatic rings. The summed E-state index contributed by atoms with van der Waals surface area (Å²) >= 11 is 0. The molecule has 1 saturated heterocycles. The molecule has 1 aliphatic heterocycles. The number of fused-ring (bicyclic) bond motifs is 1. The first kappa shape index (κ1) is 19.6. The summed E-state index contributed by atoms with van der Waals surface area (Å²) in [6.45, 7) is 1.85. The highest BCUT2D eigenvalue weighted by atomic mass is 19.4. The fourth-order valence-electron chi connectivity index (χ4n) is 3.55. The Labute approximate surface area is 163 Å². The number of halogens is 3. The summed E-state index contributed by atoms with van der Waals surface area (Å²) < 4.78 is 45.5. The molecule has 1 aromatic carbocycles. The predicted octanol–water partition coefficient (Wildman–Crippen LogP) is 3.09. The van der Waals surface area contributed by atoms with Crippen molar-refractivity contribution in [1.82, 2.24) is 19.7 Å². The van der Waals surface area contributed by atoms with Crippen molar-refractivity contribution in [2.45, 2.75) is 44.7 Å². The zero-order valence-electron chi connectivity index (χ0n) is 15.5. The topological polar surface area (TPSA) is 93.0 Å². The van der Waals surface area contributed by atoms with E-state index in [0.717, 1.165) is 25.0 Å². The summed E-state index contributed by atoms with van der Waals surface area (Å²) in [5.74, 6) is 0.380. The van der Waals surface area contributed by atoms with Crippen molar-refractivity contribution >= 4 is 11.0 Å². The first-order valence-corrected chi connectivity index (χ1v) is 9.20. The number of aliphatic hydroxyl groups excluding tert-OH is 1. The second-order valence-electron chi connectivity index (χ2n) is 7.00. The van der Waals surface area contributed by atoms with Crippen molar-refractivity contribution in [2.75, 3.05) is 6.61 Å². The highest BCUT2D eigenvalue weighted by Gasteiger charge is 2.30. The van der Waals surface area contributed by atoms with Gasteiger partial charge in [0.1, 0.15) is 23.0 Å². The van der Waals surface area contributed by atoms with Crippen molar-refractivity contribution in [2.24, 2.45) is 0 Å². The molecule has 0 unspecified atom stereocenters. The van der Waals surface area contributed by atoms with Gasteiger partial charge in [-0.2, -0.15) is 18.3 Å². The third-order valence-corrected chi connectivity index (χ3v) is 5.12. The van der Waals surface area contributed by atoms with Gasteiger partial charge in [0.25, 0.3) is 5.56 Å². The van der Waals surface area contributed by atoms with E-state index in [-0.39, 0.29) is 22.8 Å². The van der Waals surface area contributed by atoms with Crippen LogP contribution < -0.4 is 5.56 Å². The molecular formula is C19H19F3N4O3. The molecule has 0 aliphatic carbocycles. The largest absolute Gasteiger partial charge is 0.416 e. The van der Waals surface area contributed by atoms with Gasteiger partial charge >= 0.3 is 6.18 Å². The molecule has 10 heteroatoms. The SMILES string of the molecule is C[C@@H](c1ccc(C(F)(F)F)cc1)n1nc(CO)c2c(=O)[nH]c([C@H]3CCCO3)nc21. The van der Waals surface area contributed by atoms with E-state index in [1.54, 1.807) is 6.92 Å². The highest BCUT2D eigenvalue weighted by molar-refractivity contribution is 5.77. The Morgan fingerprint density at radius 2 is 2.07 bits per heavy atom. The lowest BCUT2D eigenvalue weighted by Crippen LogP contribution is -2.17. The Bertz CT molecular complexity index is 1080. The van der Waals surface area contributed by atoms with Gasteiger partial charge in [0.15, 0.2) is 5.65 Å². The van der Waals surface area contributed by atoms with Gasteiger partial charge in [0.2, 0.25) is 0 Å². The van der Waals surface area contributed by atoms with E-state index in [4.69, 9.17) is 4.74 Å². The number of ether oxygens (including phenoxy) is 1. The number of H-pyrrole nitrogens is 1. The number of hydrogen-bond acceptors (Lipinski definition) is 5. The maximum absolute atomic E-state index is 12.8. The number of alkyl halides is 3. The molecule has 2 aromatic heterocycles. The normalized spacial score (nSPS) is 18.4. The zero-order chi connectivity index (χ0) is 20.8. The van der Waals surface area contributed by atoms with Gasteiger partial charge < -0.3 is 14.8 Å². The van der Waals surface area contributed by atoms with Crippen LogP contribution in [0.3, 0.4) is 0 Å². The van der Waals surface area contributed by atoms with Crippen LogP contribution in [0.5, 0.6) is 0 Å². The Balaban J connectivity index is 1.80. The molecule has 0 radical (unpaired) electrons. The van der Waals surface area contributed by atoms with E-state index in [0.29, 0.717) is 18.0 Å². The molecule has 0 bridgehead atoms. The van der Waals surface area contributed by atoms with Crippen LogP contribution in [-0.2, 0) is 17.5 Å². The van der Waals surface area contributed by atoms with Gasteiger partial charge in [-0.1, -0.05) is 12.1 Å². The van der Waals surface area contributed by atoms with Gasteiger partial charge in [-0.3, -0.25) is 4.79 Å². The van der Waals surface area contributed by atoms with Crippen LogP contribution in [0.2, 0.25) is 0 Å². The first-order valence-electron chi connectivity index (χ1n) is 9.20. The molecule has 29 heavy (non-hydrogen) atoms. The minimum atomic E-state index is -4.42. The quantitative estimate of drug-likeness (QED) is 0.692. The second-order valence-corrected chi connectivity index (χ2v) is 7.00. The number of aromatic amines is 1. The maximum Gasteiger partial charge on any atom is 0.416 e. The summed E-state index contributed by atoms with van der Waals surface area (Å²) in [4.78, 5) is 19.8. The van der Waals surface area contributed by atoms with Crippen LogP contribution in [0.15, 0.2) is 29.1 Å². The minimum absolute atomic E-state index is 0.159. The lowest BCUT2D eigenvalue weighted by molar-refractivity contribution is -0.137. The maximum atomic E-state index is 12.8. The number of aliphatic hydroxyl groups is 1. The number of benzene rings is 1. The molecule has 2 atom stereocenters. The molecule has 154 valence electrons. The standard InChI is InChI=1S/C19H19F3N4O3/c1-10(11-4-6-12(7-5-11)19(20,21)22)26-17-15(13(9-27)25-26)18(28)24-16(23-17)14-3-2-8-29-14/h4-7,10,14,27H,2-3,8-9H2,1H3,(H,23,24,28)/t10-,14+/m0/s1. The van der Waals surface area contributed by atoms with Gasteiger partial charge in [0.05, 0.1) is 18.2 Å².